The third kappa shape index (κ3) is 4.79. The second-order valence-corrected chi connectivity index (χ2v) is 5.18. The molecule has 0 spiro atoms. The number of amides is 1. The average molecular weight is 335 g/mol. The zero-order chi connectivity index (χ0) is 16.7. The molecule has 0 aliphatic carbocycles. The van der Waals surface area contributed by atoms with Crippen molar-refractivity contribution >= 4 is 28.9 Å². The van der Waals surface area contributed by atoms with Crippen molar-refractivity contribution < 1.29 is 14.3 Å². The molecule has 0 aliphatic heterocycles. The van der Waals surface area contributed by atoms with Gasteiger partial charge in [-0.3, -0.25) is 4.79 Å². The highest BCUT2D eigenvalue weighted by Crippen LogP contribution is 2.29. The summed E-state index contributed by atoms with van der Waals surface area (Å²) in [7, 11) is 3.12. The van der Waals surface area contributed by atoms with Crippen LogP contribution >= 0.6 is 11.6 Å². The van der Waals surface area contributed by atoms with Crippen LogP contribution in [0.15, 0.2) is 42.5 Å². The summed E-state index contributed by atoms with van der Waals surface area (Å²) < 4.78 is 10.4. The summed E-state index contributed by atoms with van der Waals surface area (Å²) in [6, 6.07) is 12.6. The first kappa shape index (κ1) is 17.0. The van der Waals surface area contributed by atoms with Crippen LogP contribution in [0.1, 0.15) is 6.42 Å². The molecule has 0 heterocycles. The summed E-state index contributed by atoms with van der Waals surface area (Å²) in [5, 5.41) is 6.58. The predicted octanol–water partition coefficient (Wildman–Crippen LogP) is 3.80. The van der Waals surface area contributed by atoms with E-state index in [1.165, 1.54) is 0 Å². The average Bonchev–Trinajstić information content (AvgIpc) is 2.57. The van der Waals surface area contributed by atoms with Crippen LogP contribution in [0.4, 0.5) is 11.4 Å². The molecule has 0 bridgehead atoms. The Morgan fingerprint density at radius 1 is 1.09 bits per heavy atom. The number of halogens is 1. The highest BCUT2D eigenvalue weighted by Gasteiger charge is 2.09. The number of methoxy groups -OCH3 is 2. The van der Waals surface area contributed by atoms with Crippen molar-refractivity contribution in [1.29, 1.82) is 0 Å². The lowest BCUT2D eigenvalue weighted by molar-refractivity contribution is -0.116. The molecule has 0 aliphatic rings. The van der Waals surface area contributed by atoms with E-state index in [0.29, 0.717) is 35.2 Å². The van der Waals surface area contributed by atoms with Crippen LogP contribution in [0.25, 0.3) is 0 Å². The molecule has 2 aromatic carbocycles. The normalized spacial score (nSPS) is 10.0. The van der Waals surface area contributed by atoms with Crippen LogP contribution < -0.4 is 20.1 Å². The lowest BCUT2D eigenvalue weighted by Gasteiger charge is -2.12. The van der Waals surface area contributed by atoms with Crippen molar-refractivity contribution in [2.45, 2.75) is 6.42 Å². The highest BCUT2D eigenvalue weighted by atomic mass is 35.5. The molecule has 23 heavy (non-hydrogen) atoms. The van der Waals surface area contributed by atoms with Crippen LogP contribution in [-0.4, -0.2) is 26.7 Å². The van der Waals surface area contributed by atoms with Gasteiger partial charge in [0, 0.05) is 19.0 Å². The summed E-state index contributed by atoms with van der Waals surface area (Å²) in [6.07, 6.45) is 0.306. The molecule has 5 nitrogen and oxygen atoms in total. The van der Waals surface area contributed by atoms with Gasteiger partial charge in [-0.05, 0) is 24.3 Å². The van der Waals surface area contributed by atoms with Gasteiger partial charge in [-0.2, -0.15) is 0 Å². The molecule has 2 aromatic rings. The Labute approximate surface area is 140 Å². The smallest absolute Gasteiger partial charge is 0.226 e. The van der Waals surface area contributed by atoms with Crippen LogP contribution in [0.3, 0.4) is 0 Å². The van der Waals surface area contributed by atoms with Crippen LogP contribution in [0, 0.1) is 0 Å². The molecule has 0 radical (unpaired) electrons. The van der Waals surface area contributed by atoms with Gasteiger partial charge in [-0.15, -0.1) is 0 Å². The van der Waals surface area contributed by atoms with Gasteiger partial charge in [0.15, 0.2) is 0 Å². The minimum atomic E-state index is -0.118. The second kappa shape index (κ2) is 8.29. The maximum atomic E-state index is 12.0. The summed E-state index contributed by atoms with van der Waals surface area (Å²) in [4.78, 5) is 12.0. The zero-order valence-corrected chi connectivity index (χ0v) is 13.8. The Kier molecular flexibility index (Phi) is 6.11. The van der Waals surface area contributed by atoms with Crippen LogP contribution in [-0.2, 0) is 4.79 Å². The third-order valence-electron chi connectivity index (χ3n) is 3.22. The molecule has 1 amide bonds. The summed E-state index contributed by atoms with van der Waals surface area (Å²) in [5.74, 6) is 1.10. The molecular weight excluding hydrogens is 316 g/mol. The minimum Gasteiger partial charge on any atom is -0.497 e. The molecule has 0 saturated heterocycles. The van der Waals surface area contributed by atoms with Crippen molar-refractivity contribution in [3.8, 4) is 11.5 Å². The van der Waals surface area contributed by atoms with Gasteiger partial charge in [0.1, 0.15) is 11.5 Å². The van der Waals surface area contributed by atoms with Gasteiger partial charge in [0.2, 0.25) is 5.91 Å². The number of anilines is 2. The fourth-order valence-electron chi connectivity index (χ4n) is 2.03. The van der Waals surface area contributed by atoms with Gasteiger partial charge in [-0.1, -0.05) is 23.7 Å². The first-order valence-electron chi connectivity index (χ1n) is 7.14. The second-order valence-electron chi connectivity index (χ2n) is 4.77. The highest BCUT2D eigenvalue weighted by molar-refractivity contribution is 6.33. The summed E-state index contributed by atoms with van der Waals surface area (Å²) >= 11 is 6.05. The number of nitrogens with one attached hydrogen (secondary N) is 2. The molecule has 0 fully saturated rings. The monoisotopic (exact) mass is 334 g/mol. The number of hydrogen-bond donors (Lipinski definition) is 2. The fraction of sp³-hybridized carbons (Fsp3) is 0.235. The molecule has 0 unspecified atom stereocenters. The number of carbonyl (C=O) groups excluding carboxylic acids is 1. The van der Waals surface area contributed by atoms with Gasteiger partial charge >= 0.3 is 0 Å². The van der Waals surface area contributed by atoms with Gasteiger partial charge < -0.3 is 20.1 Å². The van der Waals surface area contributed by atoms with E-state index >= 15 is 0 Å². The van der Waals surface area contributed by atoms with Gasteiger partial charge in [-0.25, -0.2) is 0 Å². The molecule has 0 saturated carbocycles. The quantitative estimate of drug-likeness (QED) is 0.808. The van der Waals surface area contributed by atoms with E-state index in [2.05, 4.69) is 10.6 Å². The standard InChI is InChI=1S/C17H19ClN2O3/c1-22-12-7-8-15(16(11-12)23-2)20-17(21)9-10-19-14-6-4-3-5-13(14)18/h3-8,11,19H,9-10H2,1-2H3,(H,20,21). The maximum absolute atomic E-state index is 12.0. The van der Waals surface area contributed by atoms with Gasteiger partial charge in [0.25, 0.3) is 0 Å². The first-order valence-corrected chi connectivity index (χ1v) is 7.52. The third-order valence-corrected chi connectivity index (χ3v) is 3.55. The van der Waals surface area contributed by atoms with E-state index in [1.807, 2.05) is 18.2 Å². The Morgan fingerprint density at radius 2 is 1.87 bits per heavy atom. The van der Waals surface area contributed by atoms with E-state index in [0.717, 1.165) is 5.69 Å². The predicted molar refractivity (Wildman–Crippen MR) is 92.7 cm³/mol. The molecule has 6 heteroatoms. The van der Waals surface area contributed by atoms with E-state index in [-0.39, 0.29) is 5.91 Å². The molecule has 2 rings (SSSR count). The zero-order valence-electron chi connectivity index (χ0n) is 13.1. The minimum absolute atomic E-state index is 0.118. The number of carbonyl (C=O) groups is 1. The number of rotatable bonds is 7. The van der Waals surface area contributed by atoms with Crippen LogP contribution in [0.2, 0.25) is 5.02 Å². The number of hydrogen-bond acceptors (Lipinski definition) is 4. The van der Waals surface area contributed by atoms with E-state index in [4.69, 9.17) is 21.1 Å². The van der Waals surface area contributed by atoms with E-state index in [9.17, 15) is 4.79 Å². The van der Waals surface area contributed by atoms with Gasteiger partial charge in [0.05, 0.1) is 30.6 Å². The van der Waals surface area contributed by atoms with Crippen molar-refractivity contribution in [3.63, 3.8) is 0 Å². The molecule has 0 atom stereocenters. The van der Waals surface area contributed by atoms with E-state index < -0.39 is 0 Å². The van der Waals surface area contributed by atoms with E-state index in [1.54, 1.807) is 38.5 Å². The summed E-state index contributed by atoms with van der Waals surface area (Å²) in [6.45, 7) is 0.480. The number of benzene rings is 2. The molecular formula is C17H19ClN2O3. The molecule has 122 valence electrons. The first-order chi connectivity index (χ1) is 11.1. The Bertz CT molecular complexity index is 677. The SMILES string of the molecule is COc1ccc(NC(=O)CCNc2ccccc2Cl)c(OC)c1. The summed E-state index contributed by atoms with van der Waals surface area (Å²) in [5.41, 5.74) is 1.42. The Morgan fingerprint density at radius 3 is 2.57 bits per heavy atom. The van der Waals surface area contributed by atoms with Crippen molar-refractivity contribution in [3.05, 3.63) is 47.5 Å². The Hall–Kier alpha value is -2.40. The van der Waals surface area contributed by atoms with Crippen LogP contribution in [0.5, 0.6) is 11.5 Å². The topological polar surface area (TPSA) is 59.6 Å². The maximum Gasteiger partial charge on any atom is 0.226 e. The number of para-hydroxylation sites is 1. The lowest BCUT2D eigenvalue weighted by Crippen LogP contribution is -2.16. The molecule has 2 N–H and O–H groups in total. The van der Waals surface area contributed by atoms with Crippen molar-refractivity contribution in [1.82, 2.24) is 0 Å². The fourth-order valence-corrected chi connectivity index (χ4v) is 2.23. The Balaban J connectivity index is 1.89. The lowest BCUT2D eigenvalue weighted by atomic mass is 10.2. The largest absolute Gasteiger partial charge is 0.497 e. The molecule has 0 aromatic heterocycles. The van der Waals surface area contributed by atoms with Crippen molar-refractivity contribution in [2.75, 3.05) is 31.4 Å². The van der Waals surface area contributed by atoms with Crippen molar-refractivity contribution in [2.24, 2.45) is 0 Å². The number of ether oxygens (including phenoxy) is 2.